The molecule has 8 heteroatoms. The predicted molar refractivity (Wildman–Crippen MR) is 120 cm³/mol. The molecule has 1 aliphatic heterocycles. The van der Waals surface area contributed by atoms with Crippen molar-refractivity contribution in [1.29, 1.82) is 0 Å². The van der Waals surface area contributed by atoms with E-state index in [9.17, 15) is 9.18 Å². The van der Waals surface area contributed by atoms with Crippen LogP contribution in [0.25, 0.3) is 0 Å². The van der Waals surface area contributed by atoms with Gasteiger partial charge in [0.15, 0.2) is 0 Å². The van der Waals surface area contributed by atoms with Crippen molar-refractivity contribution < 1.29 is 9.18 Å². The first kappa shape index (κ1) is 22.4. The van der Waals surface area contributed by atoms with Crippen molar-refractivity contribution in [2.75, 3.05) is 17.3 Å². The first-order chi connectivity index (χ1) is 14.4. The molecule has 1 atom stereocenters. The van der Waals surface area contributed by atoms with Crippen LogP contribution in [0, 0.1) is 12.9 Å². The number of carbonyl (C=O) groups is 1. The quantitative estimate of drug-likeness (QED) is 0.610. The molecule has 0 saturated carbocycles. The monoisotopic (exact) mass is 424 g/mol. The zero-order valence-electron chi connectivity index (χ0n) is 17.4. The molecule has 0 fully saturated rings. The van der Waals surface area contributed by atoms with Gasteiger partial charge in [-0.05, 0) is 49.4 Å². The molecule has 0 aromatic carbocycles. The molecule has 3 aromatic rings. The lowest BCUT2D eigenvalue weighted by Crippen LogP contribution is -2.46. The van der Waals surface area contributed by atoms with Gasteiger partial charge in [0, 0.05) is 25.1 Å². The maximum atomic E-state index is 12.9. The van der Waals surface area contributed by atoms with E-state index >= 15 is 0 Å². The van der Waals surface area contributed by atoms with Gasteiger partial charge in [0.1, 0.15) is 6.04 Å². The van der Waals surface area contributed by atoms with Gasteiger partial charge in [-0.3, -0.25) is 14.5 Å². The van der Waals surface area contributed by atoms with Crippen LogP contribution in [-0.2, 0) is 24.2 Å². The molecule has 0 aliphatic carbocycles. The Morgan fingerprint density at radius 2 is 2.00 bits per heavy atom. The second kappa shape index (κ2) is 9.24. The fourth-order valence-corrected chi connectivity index (χ4v) is 3.87. The number of halogens is 1. The van der Waals surface area contributed by atoms with Gasteiger partial charge in [-0.15, -0.1) is 0 Å². The lowest BCUT2D eigenvalue weighted by Gasteiger charge is -2.35. The van der Waals surface area contributed by atoms with Crippen LogP contribution in [0.2, 0.25) is 0 Å². The standard InChI is InChI=1S/C22H25FN6O.CH4/c1-4-18-22(30)27-21-14(2)26-17(9-19(21)28(18)3)7-5-16-11-25-29(13-16)12-15-6-8-20(23)24-10-15;/h6,8-11,13,18H,4-5,7,12H2,1-3H3,(H,27,30);1H4/t18-;/m0./s1. The number of likely N-dealkylation sites (N-methyl/N-ethyl adjacent to an activating group) is 1. The lowest BCUT2D eigenvalue weighted by atomic mass is 10.0. The fraction of sp³-hybridized carbons (Fsp3) is 0.391. The number of aryl methyl sites for hydroxylation is 3. The molecule has 31 heavy (non-hydrogen) atoms. The number of hydrogen-bond donors (Lipinski definition) is 1. The maximum absolute atomic E-state index is 12.9. The minimum absolute atomic E-state index is 0. The maximum Gasteiger partial charge on any atom is 0.247 e. The van der Waals surface area contributed by atoms with Crippen LogP contribution < -0.4 is 10.2 Å². The van der Waals surface area contributed by atoms with E-state index in [4.69, 9.17) is 4.98 Å². The molecule has 0 radical (unpaired) electrons. The molecule has 3 aromatic heterocycles. The van der Waals surface area contributed by atoms with Crippen molar-refractivity contribution in [2.45, 2.75) is 53.1 Å². The molecule has 1 amide bonds. The number of nitrogens with one attached hydrogen (secondary N) is 1. The van der Waals surface area contributed by atoms with Crippen molar-refractivity contribution in [3.8, 4) is 0 Å². The molecule has 4 rings (SSSR count). The van der Waals surface area contributed by atoms with Gasteiger partial charge >= 0.3 is 0 Å². The third-order valence-corrected chi connectivity index (χ3v) is 5.51. The molecule has 1 N–H and O–H groups in total. The van der Waals surface area contributed by atoms with E-state index < -0.39 is 5.95 Å². The van der Waals surface area contributed by atoms with Crippen LogP contribution in [0.15, 0.2) is 36.8 Å². The van der Waals surface area contributed by atoms with Gasteiger partial charge in [-0.1, -0.05) is 20.4 Å². The van der Waals surface area contributed by atoms with Crippen molar-refractivity contribution in [2.24, 2.45) is 0 Å². The molecule has 0 unspecified atom stereocenters. The van der Waals surface area contributed by atoms with E-state index in [1.807, 2.05) is 42.9 Å². The Morgan fingerprint density at radius 1 is 1.19 bits per heavy atom. The molecular weight excluding hydrogens is 395 g/mol. The third-order valence-electron chi connectivity index (χ3n) is 5.51. The van der Waals surface area contributed by atoms with E-state index in [2.05, 4.69) is 21.5 Å². The first-order valence-corrected chi connectivity index (χ1v) is 10.1. The van der Waals surface area contributed by atoms with Crippen LogP contribution in [0.5, 0.6) is 0 Å². The molecule has 7 nitrogen and oxygen atoms in total. The Balaban J connectivity index is 0.00000272. The summed E-state index contributed by atoms with van der Waals surface area (Å²) in [6, 6.07) is 4.97. The Hall–Kier alpha value is -3.29. The summed E-state index contributed by atoms with van der Waals surface area (Å²) in [6.45, 7) is 4.49. The van der Waals surface area contributed by atoms with Crippen LogP contribution in [-0.4, -0.2) is 38.7 Å². The zero-order chi connectivity index (χ0) is 21.3. The van der Waals surface area contributed by atoms with Crippen molar-refractivity contribution in [1.82, 2.24) is 19.7 Å². The minimum atomic E-state index is -0.483. The average molecular weight is 425 g/mol. The highest BCUT2D eigenvalue weighted by Gasteiger charge is 2.30. The minimum Gasteiger partial charge on any atom is -0.361 e. The van der Waals surface area contributed by atoms with Gasteiger partial charge in [-0.2, -0.15) is 9.49 Å². The lowest BCUT2D eigenvalue weighted by molar-refractivity contribution is -0.117. The van der Waals surface area contributed by atoms with Gasteiger partial charge in [0.05, 0.1) is 29.8 Å². The summed E-state index contributed by atoms with van der Waals surface area (Å²) in [4.78, 5) is 22.7. The number of rotatable bonds is 6. The normalized spacial score (nSPS) is 15.3. The predicted octanol–water partition coefficient (Wildman–Crippen LogP) is 3.76. The number of nitrogens with zero attached hydrogens (tertiary/aromatic N) is 5. The summed E-state index contributed by atoms with van der Waals surface area (Å²) in [6.07, 6.45) is 7.70. The summed E-state index contributed by atoms with van der Waals surface area (Å²) in [5, 5.41) is 7.40. The van der Waals surface area contributed by atoms with E-state index in [1.165, 1.54) is 12.3 Å². The highest BCUT2D eigenvalue weighted by atomic mass is 19.1. The summed E-state index contributed by atoms with van der Waals surface area (Å²) in [7, 11) is 1.96. The first-order valence-electron chi connectivity index (χ1n) is 10.1. The Bertz CT molecular complexity index is 1060. The second-order valence-electron chi connectivity index (χ2n) is 7.65. The molecule has 1 aliphatic rings. The van der Waals surface area contributed by atoms with Gasteiger partial charge in [-0.25, -0.2) is 4.98 Å². The number of carbonyl (C=O) groups excluding carboxylic acids is 1. The zero-order valence-corrected chi connectivity index (χ0v) is 17.4. The Labute approximate surface area is 182 Å². The van der Waals surface area contributed by atoms with Gasteiger partial charge < -0.3 is 10.2 Å². The summed E-state index contributed by atoms with van der Waals surface area (Å²) >= 11 is 0. The van der Waals surface area contributed by atoms with E-state index in [1.54, 1.807) is 6.07 Å². The number of fused-ring (bicyclic) bond motifs is 1. The Kier molecular flexibility index (Phi) is 6.68. The molecule has 0 bridgehead atoms. The van der Waals surface area contributed by atoms with E-state index in [0.29, 0.717) is 6.54 Å². The third kappa shape index (κ3) is 4.73. The van der Waals surface area contributed by atoms with Crippen molar-refractivity contribution in [3.05, 3.63) is 65.3 Å². The summed E-state index contributed by atoms with van der Waals surface area (Å²) in [5.41, 5.74) is 5.64. The van der Waals surface area contributed by atoms with E-state index in [0.717, 1.165) is 53.2 Å². The summed E-state index contributed by atoms with van der Waals surface area (Å²) < 4.78 is 14.8. The molecule has 164 valence electrons. The molecule has 0 spiro atoms. The Morgan fingerprint density at radius 3 is 2.71 bits per heavy atom. The van der Waals surface area contributed by atoms with Crippen molar-refractivity contribution >= 4 is 17.3 Å². The van der Waals surface area contributed by atoms with Crippen LogP contribution in [0.3, 0.4) is 0 Å². The van der Waals surface area contributed by atoms with Gasteiger partial charge in [0.25, 0.3) is 0 Å². The highest BCUT2D eigenvalue weighted by molar-refractivity contribution is 6.04. The smallest absolute Gasteiger partial charge is 0.247 e. The number of amides is 1. The van der Waals surface area contributed by atoms with Gasteiger partial charge in [0.2, 0.25) is 11.9 Å². The molecule has 0 saturated heterocycles. The van der Waals surface area contributed by atoms with E-state index in [-0.39, 0.29) is 19.4 Å². The van der Waals surface area contributed by atoms with Crippen LogP contribution >= 0.6 is 0 Å². The summed E-state index contributed by atoms with van der Waals surface area (Å²) in [5.74, 6) is -0.461. The number of aromatic nitrogens is 4. The number of hydrogen-bond acceptors (Lipinski definition) is 5. The average Bonchev–Trinajstić information content (AvgIpc) is 3.17. The molecule has 4 heterocycles. The SMILES string of the molecule is C.CC[C@H]1C(=O)Nc2c(cc(CCc3cnn(Cc4ccc(F)nc4)c3)nc2C)N1C. The second-order valence-corrected chi connectivity index (χ2v) is 7.65. The highest BCUT2D eigenvalue weighted by Crippen LogP contribution is 2.34. The molecular formula is C23H29FN6O. The number of anilines is 2. The van der Waals surface area contributed by atoms with Crippen molar-refractivity contribution in [3.63, 3.8) is 0 Å². The van der Waals surface area contributed by atoms with Crippen LogP contribution in [0.4, 0.5) is 15.8 Å². The number of pyridine rings is 2. The fourth-order valence-electron chi connectivity index (χ4n) is 3.87. The van der Waals surface area contributed by atoms with Crippen LogP contribution in [0.1, 0.15) is 43.3 Å². The largest absolute Gasteiger partial charge is 0.361 e. The topological polar surface area (TPSA) is 75.9 Å².